The Morgan fingerprint density at radius 1 is 0.677 bits per heavy atom. The van der Waals surface area contributed by atoms with Crippen LogP contribution < -0.4 is 4.74 Å². The summed E-state index contributed by atoms with van der Waals surface area (Å²) >= 11 is 0. The number of hydrogen-bond donors (Lipinski definition) is 0. The summed E-state index contributed by atoms with van der Waals surface area (Å²) < 4.78 is 8.35. The van der Waals surface area contributed by atoms with Crippen molar-refractivity contribution < 1.29 is 4.74 Å². The number of benzene rings is 3. The Hall–Kier alpha value is -2.74. The van der Waals surface area contributed by atoms with Crippen LogP contribution in [-0.4, -0.2) is 11.2 Å². The van der Waals surface area contributed by atoms with Crippen LogP contribution in [0.5, 0.6) is 5.75 Å². The minimum absolute atomic E-state index is 0.523. The molecule has 0 radical (unpaired) electrons. The monoisotopic (exact) mass is 413 g/mol. The van der Waals surface area contributed by atoms with Crippen LogP contribution in [0.3, 0.4) is 0 Å². The fourth-order valence-electron chi connectivity index (χ4n) is 4.23. The Bertz CT molecular complexity index is 1180. The molecule has 0 N–H and O–H groups in total. The molecule has 0 aliphatic rings. The van der Waals surface area contributed by atoms with E-state index in [2.05, 4.69) is 107 Å². The molecule has 0 aliphatic carbocycles. The van der Waals surface area contributed by atoms with Crippen molar-refractivity contribution in [3.63, 3.8) is 0 Å². The third kappa shape index (κ3) is 4.49. The fourth-order valence-corrected chi connectivity index (χ4v) is 4.23. The van der Waals surface area contributed by atoms with Gasteiger partial charge in [0.05, 0.1) is 6.61 Å². The van der Waals surface area contributed by atoms with E-state index >= 15 is 0 Å². The van der Waals surface area contributed by atoms with Gasteiger partial charge in [0.2, 0.25) is 0 Å². The summed E-state index contributed by atoms with van der Waals surface area (Å²) in [4.78, 5) is 0. The van der Waals surface area contributed by atoms with Crippen molar-refractivity contribution in [3.8, 4) is 16.9 Å². The Balaban J connectivity index is 1.80. The predicted molar refractivity (Wildman–Crippen MR) is 134 cm³/mol. The van der Waals surface area contributed by atoms with Gasteiger partial charge < -0.3 is 9.30 Å². The van der Waals surface area contributed by atoms with Crippen LogP contribution in [-0.2, 0) is 6.54 Å². The van der Waals surface area contributed by atoms with Gasteiger partial charge in [-0.15, -0.1) is 0 Å². The first-order chi connectivity index (χ1) is 14.8. The van der Waals surface area contributed by atoms with Gasteiger partial charge in [0, 0.05) is 28.4 Å². The molecule has 2 nitrogen and oxygen atoms in total. The molecule has 0 saturated carbocycles. The van der Waals surface area contributed by atoms with Gasteiger partial charge in [-0.05, 0) is 70.8 Å². The third-order valence-corrected chi connectivity index (χ3v) is 5.87. The van der Waals surface area contributed by atoms with Crippen molar-refractivity contribution in [3.05, 3.63) is 66.2 Å². The molecule has 0 fully saturated rings. The largest absolute Gasteiger partial charge is 0.493 e. The van der Waals surface area contributed by atoms with Crippen molar-refractivity contribution in [2.24, 2.45) is 11.8 Å². The summed E-state index contributed by atoms with van der Waals surface area (Å²) in [6.07, 6.45) is 0. The lowest BCUT2D eigenvalue weighted by molar-refractivity contribution is 0.271. The molecule has 1 aromatic heterocycles. The van der Waals surface area contributed by atoms with E-state index in [1.54, 1.807) is 0 Å². The summed E-state index contributed by atoms with van der Waals surface area (Å²) in [7, 11) is 0. The molecule has 0 saturated heterocycles. The molecule has 162 valence electrons. The van der Waals surface area contributed by atoms with Crippen LogP contribution in [0.15, 0.2) is 60.7 Å². The summed E-state index contributed by atoms with van der Waals surface area (Å²) in [5.74, 6) is 2.59. The second-order valence-electron chi connectivity index (χ2n) is 9.90. The summed E-state index contributed by atoms with van der Waals surface area (Å²) in [5.41, 5.74) is 6.53. The number of fused-ring (bicyclic) bond motifs is 3. The van der Waals surface area contributed by atoms with Gasteiger partial charge in [-0.2, -0.15) is 0 Å². The van der Waals surface area contributed by atoms with E-state index in [0.717, 1.165) is 18.9 Å². The third-order valence-electron chi connectivity index (χ3n) is 5.87. The molecular formula is C29H35NO. The number of aromatic nitrogens is 1. The molecule has 0 bridgehead atoms. The summed E-state index contributed by atoms with van der Waals surface area (Å²) in [6, 6.07) is 22.4. The first kappa shape index (κ1) is 21.5. The van der Waals surface area contributed by atoms with Crippen LogP contribution in [0.2, 0.25) is 0 Å². The molecule has 3 aromatic carbocycles. The quantitative estimate of drug-likeness (QED) is 0.297. The molecule has 4 aromatic rings. The minimum Gasteiger partial charge on any atom is -0.493 e. The van der Waals surface area contributed by atoms with E-state index in [9.17, 15) is 0 Å². The van der Waals surface area contributed by atoms with Gasteiger partial charge in [-0.1, -0.05) is 65.8 Å². The SMILES string of the molecule is CC(C)COc1ccc(-c2ccc3c(c2)c2cc(C(C)C)ccc2n3CC(C)C)cc1. The van der Waals surface area contributed by atoms with E-state index in [1.165, 1.54) is 38.5 Å². The predicted octanol–water partition coefficient (Wildman–Crippen LogP) is 8.28. The number of nitrogens with zero attached hydrogens (tertiary/aromatic N) is 1. The molecule has 0 atom stereocenters. The normalized spacial score (nSPS) is 12.0. The lowest BCUT2D eigenvalue weighted by Gasteiger charge is -2.11. The molecule has 31 heavy (non-hydrogen) atoms. The minimum atomic E-state index is 0.523. The highest BCUT2D eigenvalue weighted by atomic mass is 16.5. The second kappa shape index (κ2) is 8.78. The Morgan fingerprint density at radius 3 is 1.90 bits per heavy atom. The lowest BCUT2D eigenvalue weighted by Crippen LogP contribution is -2.04. The molecule has 0 spiro atoms. The highest BCUT2D eigenvalue weighted by Gasteiger charge is 2.14. The Kier molecular flexibility index (Phi) is 6.09. The fraction of sp³-hybridized carbons (Fsp3) is 0.379. The maximum absolute atomic E-state index is 5.86. The average Bonchev–Trinajstić information content (AvgIpc) is 3.04. The number of hydrogen-bond acceptors (Lipinski definition) is 1. The maximum atomic E-state index is 5.86. The lowest BCUT2D eigenvalue weighted by atomic mass is 9.99. The van der Waals surface area contributed by atoms with E-state index in [0.29, 0.717) is 17.8 Å². The standard InChI is InChI=1S/C29H35NO/c1-19(2)17-30-28-13-9-23(21(5)6)15-26(28)27-16-24(10-14-29(27)30)22-7-11-25(12-8-22)31-18-20(3)4/h7-16,19-21H,17-18H2,1-6H3. The van der Waals surface area contributed by atoms with Gasteiger partial charge in [-0.3, -0.25) is 0 Å². The van der Waals surface area contributed by atoms with Crippen molar-refractivity contribution in [1.29, 1.82) is 0 Å². The van der Waals surface area contributed by atoms with Crippen LogP contribution >= 0.6 is 0 Å². The van der Waals surface area contributed by atoms with Crippen molar-refractivity contribution in [2.75, 3.05) is 6.61 Å². The van der Waals surface area contributed by atoms with Crippen LogP contribution in [0, 0.1) is 11.8 Å². The molecule has 4 rings (SSSR count). The van der Waals surface area contributed by atoms with Gasteiger partial charge >= 0.3 is 0 Å². The van der Waals surface area contributed by atoms with E-state index in [-0.39, 0.29) is 0 Å². The Labute approximate surface area is 186 Å². The molecule has 0 aliphatic heterocycles. The van der Waals surface area contributed by atoms with Crippen molar-refractivity contribution in [2.45, 2.75) is 54.0 Å². The summed E-state index contributed by atoms with van der Waals surface area (Å²) in [5, 5.41) is 2.70. The molecule has 0 amide bonds. The van der Waals surface area contributed by atoms with Crippen LogP contribution in [0.1, 0.15) is 53.0 Å². The zero-order valence-electron chi connectivity index (χ0n) is 19.8. The van der Waals surface area contributed by atoms with E-state index < -0.39 is 0 Å². The topological polar surface area (TPSA) is 14.2 Å². The van der Waals surface area contributed by atoms with Crippen molar-refractivity contribution >= 4 is 21.8 Å². The van der Waals surface area contributed by atoms with Gasteiger partial charge in [-0.25, -0.2) is 0 Å². The molecule has 1 heterocycles. The second-order valence-corrected chi connectivity index (χ2v) is 9.90. The smallest absolute Gasteiger partial charge is 0.119 e. The van der Waals surface area contributed by atoms with Crippen molar-refractivity contribution in [1.82, 2.24) is 4.57 Å². The van der Waals surface area contributed by atoms with Gasteiger partial charge in [0.15, 0.2) is 0 Å². The Morgan fingerprint density at radius 2 is 1.29 bits per heavy atom. The first-order valence-corrected chi connectivity index (χ1v) is 11.6. The van der Waals surface area contributed by atoms with Crippen LogP contribution in [0.25, 0.3) is 32.9 Å². The first-order valence-electron chi connectivity index (χ1n) is 11.6. The highest BCUT2D eigenvalue weighted by molar-refractivity contribution is 6.09. The zero-order chi connectivity index (χ0) is 22.1. The van der Waals surface area contributed by atoms with Gasteiger partial charge in [0.25, 0.3) is 0 Å². The molecule has 2 heteroatoms. The maximum Gasteiger partial charge on any atom is 0.119 e. The summed E-state index contributed by atoms with van der Waals surface area (Å²) in [6.45, 7) is 15.2. The number of ether oxygens (including phenoxy) is 1. The van der Waals surface area contributed by atoms with Gasteiger partial charge in [0.1, 0.15) is 5.75 Å². The highest BCUT2D eigenvalue weighted by Crippen LogP contribution is 2.35. The molecule has 0 unspecified atom stereocenters. The van der Waals surface area contributed by atoms with E-state index in [4.69, 9.17) is 4.74 Å². The van der Waals surface area contributed by atoms with Crippen LogP contribution in [0.4, 0.5) is 0 Å². The molecular weight excluding hydrogens is 378 g/mol. The number of rotatable bonds is 7. The average molecular weight is 414 g/mol. The van der Waals surface area contributed by atoms with E-state index in [1.807, 2.05) is 0 Å². The zero-order valence-corrected chi connectivity index (χ0v) is 19.8.